The van der Waals surface area contributed by atoms with E-state index in [1.165, 1.54) is 13.2 Å². The van der Waals surface area contributed by atoms with Crippen molar-refractivity contribution in [2.75, 3.05) is 13.7 Å². The molecule has 17 heavy (non-hydrogen) atoms. The maximum absolute atomic E-state index is 11.8. The Hall–Kier alpha value is -1.71. The molecule has 94 valence electrons. The van der Waals surface area contributed by atoms with Gasteiger partial charge >= 0.3 is 0 Å². The van der Waals surface area contributed by atoms with Crippen molar-refractivity contribution in [3.8, 4) is 11.5 Å². The number of methoxy groups -OCH3 is 1. The van der Waals surface area contributed by atoms with Crippen molar-refractivity contribution in [1.82, 2.24) is 5.32 Å². The van der Waals surface area contributed by atoms with Gasteiger partial charge in [-0.3, -0.25) is 4.79 Å². The number of carbonyl (C=O) groups excluding carboxylic acids is 1. The summed E-state index contributed by atoms with van der Waals surface area (Å²) in [5.74, 6) is 0.636. The SMILES string of the molecule is CCC(C)CNC(=O)c1ccc(OC)cc1O. The Bertz CT molecular complexity index is 390. The number of phenols is 1. The molecule has 0 aliphatic carbocycles. The topological polar surface area (TPSA) is 58.6 Å². The van der Waals surface area contributed by atoms with Crippen molar-refractivity contribution >= 4 is 5.91 Å². The van der Waals surface area contributed by atoms with Crippen LogP contribution in [0.2, 0.25) is 0 Å². The van der Waals surface area contributed by atoms with Gasteiger partial charge in [0.1, 0.15) is 11.5 Å². The van der Waals surface area contributed by atoms with Gasteiger partial charge in [-0.15, -0.1) is 0 Å². The first-order chi connectivity index (χ1) is 8.08. The Kier molecular flexibility index (Phi) is 4.82. The summed E-state index contributed by atoms with van der Waals surface area (Å²) in [6.07, 6.45) is 1.01. The minimum Gasteiger partial charge on any atom is -0.507 e. The maximum Gasteiger partial charge on any atom is 0.255 e. The third-order valence-corrected chi connectivity index (χ3v) is 2.76. The van der Waals surface area contributed by atoms with Crippen LogP contribution < -0.4 is 10.1 Å². The van der Waals surface area contributed by atoms with Gasteiger partial charge in [0.15, 0.2) is 0 Å². The molecular weight excluding hydrogens is 218 g/mol. The third-order valence-electron chi connectivity index (χ3n) is 2.76. The number of rotatable bonds is 5. The van der Waals surface area contributed by atoms with Gasteiger partial charge in [-0.1, -0.05) is 20.3 Å². The van der Waals surface area contributed by atoms with Crippen molar-refractivity contribution in [2.45, 2.75) is 20.3 Å². The van der Waals surface area contributed by atoms with Gasteiger partial charge in [0.25, 0.3) is 5.91 Å². The molecule has 1 unspecified atom stereocenters. The molecule has 0 aliphatic heterocycles. The van der Waals surface area contributed by atoms with Gasteiger partial charge in [0.2, 0.25) is 0 Å². The Morgan fingerprint density at radius 3 is 2.76 bits per heavy atom. The number of hydrogen-bond acceptors (Lipinski definition) is 3. The van der Waals surface area contributed by atoms with E-state index in [2.05, 4.69) is 19.2 Å². The van der Waals surface area contributed by atoms with Crippen LogP contribution in [-0.2, 0) is 0 Å². The first-order valence-electron chi connectivity index (χ1n) is 5.73. The van der Waals surface area contributed by atoms with Crippen LogP contribution in [0.3, 0.4) is 0 Å². The third kappa shape index (κ3) is 3.66. The maximum atomic E-state index is 11.8. The number of phenolic OH excluding ortho intramolecular Hbond substituents is 1. The zero-order valence-electron chi connectivity index (χ0n) is 10.5. The van der Waals surface area contributed by atoms with E-state index in [1.54, 1.807) is 12.1 Å². The lowest BCUT2D eigenvalue weighted by Gasteiger charge is -2.11. The fourth-order valence-electron chi connectivity index (χ4n) is 1.34. The highest BCUT2D eigenvalue weighted by molar-refractivity contribution is 5.96. The molecule has 0 aliphatic rings. The predicted octanol–water partition coefficient (Wildman–Crippen LogP) is 2.18. The van der Waals surface area contributed by atoms with E-state index >= 15 is 0 Å². The van der Waals surface area contributed by atoms with E-state index < -0.39 is 0 Å². The minimum absolute atomic E-state index is 0.0639. The highest BCUT2D eigenvalue weighted by Crippen LogP contribution is 2.23. The Morgan fingerprint density at radius 2 is 2.24 bits per heavy atom. The summed E-state index contributed by atoms with van der Waals surface area (Å²) in [6, 6.07) is 4.64. The van der Waals surface area contributed by atoms with Gasteiger partial charge in [0.05, 0.1) is 12.7 Å². The molecule has 0 fully saturated rings. The summed E-state index contributed by atoms with van der Waals surface area (Å²) in [6.45, 7) is 4.75. The molecule has 0 spiro atoms. The predicted molar refractivity (Wildman–Crippen MR) is 66.4 cm³/mol. The molecule has 1 atom stereocenters. The van der Waals surface area contributed by atoms with Crippen LogP contribution in [-0.4, -0.2) is 24.7 Å². The van der Waals surface area contributed by atoms with Crippen molar-refractivity contribution in [3.63, 3.8) is 0 Å². The van der Waals surface area contributed by atoms with Crippen LogP contribution in [0.1, 0.15) is 30.6 Å². The Morgan fingerprint density at radius 1 is 1.53 bits per heavy atom. The molecule has 1 rings (SSSR count). The lowest BCUT2D eigenvalue weighted by atomic mass is 10.1. The summed E-state index contributed by atoms with van der Waals surface area (Å²) in [4.78, 5) is 11.8. The molecule has 2 N–H and O–H groups in total. The molecule has 0 saturated heterocycles. The van der Waals surface area contributed by atoms with Gasteiger partial charge < -0.3 is 15.2 Å². The van der Waals surface area contributed by atoms with E-state index in [-0.39, 0.29) is 17.2 Å². The molecule has 4 heteroatoms. The lowest BCUT2D eigenvalue weighted by molar-refractivity contribution is 0.0945. The molecule has 0 saturated carbocycles. The average molecular weight is 237 g/mol. The van der Waals surface area contributed by atoms with Crippen LogP contribution >= 0.6 is 0 Å². The molecular formula is C13H19NO3. The van der Waals surface area contributed by atoms with Crippen molar-refractivity contribution in [1.29, 1.82) is 0 Å². The molecule has 0 heterocycles. The number of carbonyl (C=O) groups is 1. The first kappa shape index (κ1) is 13.4. The van der Waals surface area contributed by atoms with Gasteiger partial charge in [-0.05, 0) is 18.1 Å². The number of benzene rings is 1. The van der Waals surface area contributed by atoms with E-state index in [0.29, 0.717) is 18.2 Å². The smallest absolute Gasteiger partial charge is 0.255 e. The highest BCUT2D eigenvalue weighted by Gasteiger charge is 2.12. The highest BCUT2D eigenvalue weighted by atomic mass is 16.5. The van der Waals surface area contributed by atoms with Crippen LogP contribution in [0.15, 0.2) is 18.2 Å². The van der Waals surface area contributed by atoms with E-state index in [4.69, 9.17) is 4.74 Å². The quantitative estimate of drug-likeness (QED) is 0.825. The van der Waals surface area contributed by atoms with Crippen molar-refractivity contribution < 1.29 is 14.6 Å². The van der Waals surface area contributed by atoms with E-state index in [1.807, 2.05) is 0 Å². The van der Waals surface area contributed by atoms with Gasteiger partial charge in [-0.25, -0.2) is 0 Å². The summed E-state index contributed by atoms with van der Waals surface area (Å²) >= 11 is 0. The molecule has 0 bridgehead atoms. The average Bonchev–Trinajstić information content (AvgIpc) is 2.35. The lowest BCUT2D eigenvalue weighted by Crippen LogP contribution is -2.28. The number of aromatic hydroxyl groups is 1. The zero-order chi connectivity index (χ0) is 12.8. The molecule has 0 aromatic heterocycles. The molecule has 1 aromatic rings. The van der Waals surface area contributed by atoms with Crippen LogP contribution in [0, 0.1) is 5.92 Å². The molecule has 0 radical (unpaired) electrons. The fourth-order valence-corrected chi connectivity index (χ4v) is 1.34. The van der Waals surface area contributed by atoms with Crippen LogP contribution in [0.25, 0.3) is 0 Å². The fraction of sp³-hybridized carbons (Fsp3) is 0.462. The molecule has 1 amide bonds. The largest absolute Gasteiger partial charge is 0.507 e. The number of nitrogens with one attached hydrogen (secondary N) is 1. The summed E-state index contributed by atoms with van der Waals surface area (Å²) < 4.78 is 4.95. The number of amides is 1. The number of hydrogen-bond donors (Lipinski definition) is 2. The normalized spacial score (nSPS) is 11.9. The summed E-state index contributed by atoms with van der Waals surface area (Å²) in [7, 11) is 1.51. The Labute approximate surface area is 102 Å². The second-order valence-corrected chi connectivity index (χ2v) is 4.11. The molecule has 1 aromatic carbocycles. The second kappa shape index (κ2) is 6.13. The standard InChI is InChI=1S/C13H19NO3/c1-4-9(2)8-14-13(16)11-6-5-10(17-3)7-12(11)15/h5-7,9,15H,4,8H2,1-3H3,(H,14,16). The number of ether oxygens (including phenoxy) is 1. The summed E-state index contributed by atoms with van der Waals surface area (Å²) in [5, 5.41) is 12.5. The zero-order valence-corrected chi connectivity index (χ0v) is 10.5. The first-order valence-corrected chi connectivity index (χ1v) is 5.73. The minimum atomic E-state index is -0.259. The van der Waals surface area contributed by atoms with Crippen molar-refractivity contribution in [3.05, 3.63) is 23.8 Å². The molecule has 4 nitrogen and oxygen atoms in total. The second-order valence-electron chi connectivity index (χ2n) is 4.11. The van der Waals surface area contributed by atoms with Crippen molar-refractivity contribution in [2.24, 2.45) is 5.92 Å². The van der Waals surface area contributed by atoms with Gasteiger partial charge in [0, 0.05) is 12.6 Å². The van der Waals surface area contributed by atoms with E-state index in [0.717, 1.165) is 6.42 Å². The van der Waals surface area contributed by atoms with Crippen LogP contribution in [0.4, 0.5) is 0 Å². The van der Waals surface area contributed by atoms with E-state index in [9.17, 15) is 9.90 Å². The monoisotopic (exact) mass is 237 g/mol. The Balaban J connectivity index is 2.69. The van der Waals surface area contributed by atoms with Gasteiger partial charge in [-0.2, -0.15) is 0 Å². The summed E-state index contributed by atoms with van der Waals surface area (Å²) in [5.41, 5.74) is 0.272. The van der Waals surface area contributed by atoms with Crippen LogP contribution in [0.5, 0.6) is 11.5 Å².